The fraction of sp³-hybridized carbons (Fsp3) is 0.286. The molecule has 0 aliphatic heterocycles. The molecule has 0 bridgehead atoms. The van der Waals surface area contributed by atoms with Crippen LogP contribution in [0.5, 0.6) is 23.3 Å². The highest BCUT2D eigenvalue weighted by atomic mass is 19.4. The van der Waals surface area contributed by atoms with Crippen LogP contribution in [0.2, 0.25) is 0 Å². The number of benzene rings is 1. The van der Waals surface area contributed by atoms with Gasteiger partial charge in [-0.2, -0.15) is 27.9 Å². The second kappa shape index (κ2) is 9.77. The Kier molecular flexibility index (Phi) is 6.74. The largest absolute Gasteiger partial charge is 0.493 e. The average molecular weight is 510 g/mol. The number of fused-ring (bicyclic) bond motifs is 1. The fourth-order valence-electron chi connectivity index (χ4n) is 3.35. The maximum atomic E-state index is 15.6. The molecule has 0 amide bonds. The minimum Gasteiger partial charge on any atom is -0.493 e. The molecule has 36 heavy (non-hydrogen) atoms. The SMILES string of the molecule is CCn1c(CO)nn(-c2nc(OCC(F)(F)F)c3c(Oc4ccccc4OC)nncc3c2F)c1=O. The molecular formula is C21H18F4N6O5. The van der Waals surface area contributed by atoms with Gasteiger partial charge in [-0.25, -0.2) is 9.18 Å². The minimum absolute atomic E-state index is 0.0870. The van der Waals surface area contributed by atoms with Crippen LogP contribution in [0.3, 0.4) is 0 Å². The number of hydrogen-bond donors (Lipinski definition) is 1. The zero-order chi connectivity index (χ0) is 26.0. The van der Waals surface area contributed by atoms with Crippen LogP contribution < -0.4 is 19.9 Å². The summed E-state index contributed by atoms with van der Waals surface area (Å²) >= 11 is 0. The van der Waals surface area contributed by atoms with Crippen LogP contribution in [0.1, 0.15) is 12.7 Å². The van der Waals surface area contributed by atoms with Gasteiger partial charge < -0.3 is 19.3 Å². The summed E-state index contributed by atoms with van der Waals surface area (Å²) < 4.78 is 72.0. The van der Waals surface area contributed by atoms with Crippen molar-refractivity contribution < 1.29 is 36.9 Å². The van der Waals surface area contributed by atoms with Gasteiger partial charge in [-0.1, -0.05) is 12.1 Å². The summed E-state index contributed by atoms with van der Waals surface area (Å²) in [5.41, 5.74) is -0.874. The molecule has 0 spiro atoms. The van der Waals surface area contributed by atoms with E-state index < -0.39 is 53.9 Å². The minimum atomic E-state index is -4.77. The van der Waals surface area contributed by atoms with Gasteiger partial charge >= 0.3 is 11.9 Å². The van der Waals surface area contributed by atoms with Gasteiger partial charge in [0, 0.05) is 6.54 Å². The Labute approximate surface area is 199 Å². The van der Waals surface area contributed by atoms with E-state index in [0.717, 1.165) is 10.8 Å². The van der Waals surface area contributed by atoms with Crippen molar-refractivity contribution in [3.8, 4) is 29.1 Å². The molecule has 3 heterocycles. The monoisotopic (exact) mass is 510 g/mol. The van der Waals surface area contributed by atoms with E-state index in [1.807, 2.05) is 0 Å². The molecule has 1 N–H and O–H groups in total. The van der Waals surface area contributed by atoms with Gasteiger partial charge in [-0.15, -0.1) is 10.2 Å². The molecule has 0 saturated heterocycles. The van der Waals surface area contributed by atoms with Crippen molar-refractivity contribution in [3.63, 3.8) is 0 Å². The van der Waals surface area contributed by atoms with Crippen LogP contribution >= 0.6 is 0 Å². The van der Waals surface area contributed by atoms with E-state index in [1.165, 1.54) is 13.2 Å². The lowest BCUT2D eigenvalue weighted by Gasteiger charge is -2.15. The lowest BCUT2D eigenvalue weighted by Crippen LogP contribution is -2.26. The Morgan fingerprint density at radius 3 is 2.47 bits per heavy atom. The quantitative estimate of drug-likeness (QED) is 0.356. The number of halogens is 4. The predicted molar refractivity (Wildman–Crippen MR) is 115 cm³/mol. The summed E-state index contributed by atoms with van der Waals surface area (Å²) in [6.45, 7) is -0.753. The topological polar surface area (TPSA) is 126 Å². The molecule has 0 atom stereocenters. The van der Waals surface area contributed by atoms with Crippen LogP contribution in [-0.4, -0.2) is 54.5 Å². The summed E-state index contributed by atoms with van der Waals surface area (Å²) in [6.07, 6.45) is -3.85. The summed E-state index contributed by atoms with van der Waals surface area (Å²) in [4.78, 5) is 16.6. The number of aliphatic hydroxyl groups is 1. The summed E-state index contributed by atoms with van der Waals surface area (Å²) in [7, 11) is 1.37. The molecule has 0 aliphatic carbocycles. The van der Waals surface area contributed by atoms with Gasteiger partial charge in [0.25, 0.3) is 5.88 Å². The second-order valence-electron chi connectivity index (χ2n) is 7.16. The molecule has 0 saturated carbocycles. The molecule has 0 unspecified atom stereocenters. The van der Waals surface area contributed by atoms with Crippen molar-refractivity contribution in [3.05, 3.63) is 52.6 Å². The van der Waals surface area contributed by atoms with E-state index in [1.54, 1.807) is 25.1 Å². The summed E-state index contributed by atoms with van der Waals surface area (Å²) in [5, 5.41) is 20.0. The standard InChI is InChI=1S/C21H18F4N6O5/c1-3-30-14(9-32)29-31(20(30)33)17-16(22)11-8-26-28-19(36-13-7-5-4-6-12(13)34-2)15(11)18(27-17)35-10-21(23,24)25/h4-8,32H,3,9-10H2,1-2H3. The third kappa shape index (κ3) is 4.64. The molecule has 4 rings (SSSR count). The molecule has 0 fully saturated rings. The van der Waals surface area contributed by atoms with Crippen LogP contribution in [0, 0.1) is 5.82 Å². The number of aliphatic hydroxyl groups excluding tert-OH is 1. The summed E-state index contributed by atoms with van der Waals surface area (Å²) in [6, 6.07) is 6.30. The van der Waals surface area contributed by atoms with E-state index >= 15 is 4.39 Å². The Hall–Kier alpha value is -4.27. The third-order valence-electron chi connectivity index (χ3n) is 4.92. The lowest BCUT2D eigenvalue weighted by molar-refractivity contribution is -0.153. The Morgan fingerprint density at radius 1 is 1.14 bits per heavy atom. The summed E-state index contributed by atoms with van der Waals surface area (Å²) in [5.74, 6) is -2.81. The van der Waals surface area contributed by atoms with E-state index in [2.05, 4.69) is 20.3 Å². The number of para-hydroxylation sites is 2. The van der Waals surface area contributed by atoms with Gasteiger partial charge in [0.2, 0.25) is 5.88 Å². The second-order valence-corrected chi connectivity index (χ2v) is 7.16. The lowest BCUT2D eigenvalue weighted by atomic mass is 10.2. The van der Waals surface area contributed by atoms with Crippen molar-refractivity contribution >= 4 is 10.8 Å². The van der Waals surface area contributed by atoms with E-state index in [0.29, 0.717) is 4.68 Å². The van der Waals surface area contributed by atoms with Crippen molar-refractivity contribution in [2.45, 2.75) is 26.3 Å². The maximum absolute atomic E-state index is 15.6. The first-order chi connectivity index (χ1) is 17.2. The van der Waals surface area contributed by atoms with Crippen molar-refractivity contribution in [1.82, 2.24) is 29.5 Å². The molecule has 0 radical (unpaired) electrons. The number of nitrogens with zero attached hydrogens (tertiary/aromatic N) is 6. The normalized spacial score (nSPS) is 11.6. The molecular weight excluding hydrogens is 492 g/mol. The molecule has 11 nitrogen and oxygen atoms in total. The molecule has 3 aromatic heterocycles. The van der Waals surface area contributed by atoms with Gasteiger partial charge in [0.1, 0.15) is 12.0 Å². The van der Waals surface area contributed by atoms with Gasteiger partial charge in [0.05, 0.1) is 18.7 Å². The number of methoxy groups -OCH3 is 1. The van der Waals surface area contributed by atoms with E-state index in [9.17, 15) is 23.1 Å². The third-order valence-corrected chi connectivity index (χ3v) is 4.92. The van der Waals surface area contributed by atoms with Gasteiger partial charge in [-0.3, -0.25) is 4.57 Å². The van der Waals surface area contributed by atoms with Crippen LogP contribution in [0.4, 0.5) is 17.6 Å². The Morgan fingerprint density at radius 2 is 1.86 bits per heavy atom. The Balaban J connectivity index is 1.96. The highest BCUT2D eigenvalue weighted by Gasteiger charge is 2.31. The number of aromatic nitrogens is 6. The van der Waals surface area contributed by atoms with Crippen LogP contribution in [0.25, 0.3) is 16.6 Å². The van der Waals surface area contributed by atoms with E-state index in [4.69, 9.17) is 14.2 Å². The number of alkyl halides is 3. The van der Waals surface area contributed by atoms with Crippen LogP contribution in [0.15, 0.2) is 35.3 Å². The smallest absolute Gasteiger partial charge is 0.422 e. The first-order valence-corrected chi connectivity index (χ1v) is 10.3. The van der Waals surface area contributed by atoms with Gasteiger partial charge in [0.15, 0.2) is 35.6 Å². The first-order valence-electron chi connectivity index (χ1n) is 10.3. The molecule has 15 heteroatoms. The first kappa shape index (κ1) is 24.8. The van der Waals surface area contributed by atoms with E-state index in [-0.39, 0.29) is 29.3 Å². The number of pyridine rings is 1. The molecule has 190 valence electrons. The Bertz CT molecular complexity index is 1470. The number of hydrogen-bond acceptors (Lipinski definition) is 9. The van der Waals surface area contributed by atoms with Crippen molar-refractivity contribution in [1.29, 1.82) is 0 Å². The highest BCUT2D eigenvalue weighted by molar-refractivity contribution is 5.92. The van der Waals surface area contributed by atoms with Crippen LogP contribution in [-0.2, 0) is 13.2 Å². The molecule has 0 aliphatic rings. The number of rotatable bonds is 8. The molecule has 4 aromatic rings. The number of ether oxygens (including phenoxy) is 3. The predicted octanol–water partition coefficient (Wildman–Crippen LogP) is 2.77. The zero-order valence-corrected chi connectivity index (χ0v) is 18.8. The fourth-order valence-corrected chi connectivity index (χ4v) is 3.35. The van der Waals surface area contributed by atoms with Crippen molar-refractivity contribution in [2.75, 3.05) is 13.7 Å². The molecule has 1 aromatic carbocycles. The average Bonchev–Trinajstić information content (AvgIpc) is 3.18. The highest BCUT2D eigenvalue weighted by Crippen LogP contribution is 2.38. The zero-order valence-electron chi connectivity index (χ0n) is 18.8. The van der Waals surface area contributed by atoms with Gasteiger partial charge in [-0.05, 0) is 19.1 Å². The maximum Gasteiger partial charge on any atom is 0.422 e. The van der Waals surface area contributed by atoms with Crippen molar-refractivity contribution in [2.24, 2.45) is 0 Å².